The minimum absolute atomic E-state index is 0.122. The molecule has 1 saturated heterocycles. The number of hydrogen-bond acceptors (Lipinski definition) is 5. The van der Waals surface area contributed by atoms with Gasteiger partial charge in [0.2, 0.25) is 0 Å². The monoisotopic (exact) mass is 395 g/mol. The van der Waals surface area contributed by atoms with Crippen LogP contribution in [0.25, 0.3) is 0 Å². The number of halogens is 2. The Morgan fingerprint density at radius 2 is 1.85 bits per heavy atom. The van der Waals surface area contributed by atoms with E-state index in [4.69, 9.17) is 27.9 Å². The molecule has 0 saturated carbocycles. The summed E-state index contributed by atoms with van der Waals surface area (Å²) in [5.74, 6) is 0.592. The van der Waals surface area contributed by atoms with E-state index >= 15 is 0 Å². The Morgan fingerprint density at radius 1 is 1.08 bits per heavy atom. The van der Waals surface area contributed by atoms with Crippen LogP contribution in [-0.2, 0) is 0 Å². The summed E-state index contributed by atoms with van der Waals surface area (Å²) < 4.78 is 5.73. The van der Waals surface area contributed by atoms with Crippen molar-refractivity contribution in [1.82, 2.24) is 4.90 Å². The lowest BCUT2D eigenvalue weighted by Crippen LogP contribution is -2.47. The maximum absolute atomic E-state index is 10.9. The number of hydrogen-bond donors (Lipinski definition) is 0. The number of ether oxygens (including phenoxy) is 1. The fourth-order valence-corrected chi connectivity index (χ4v) is 3.24. The Hall–Kier alpha value is -2.02. The average Bonchev–Trinajstić information content (AvgIpc) is 2.65. The normalized spacial score (nSPS) is 15.1. The smallest absolute Gasteiger partial charge is 0.271 e. The van der Waals surface area contributed by atoms with Gasteiger partial charge < -0.3 is 9.64 Å². The van der Waals surface area contributed by atoms with E-state index in [0.717, 1.165) is 38.4 Å². The summed E-state index contributed by atoms with van der Waals surface area (Å²) in [5.41, 5.74) is 1.01. The van der Waals surface area contributed by atoms with Crippen LogP contribution in [0.15, 0.2) is 42.5 Å². The molecule has 26 heavy (non-hydrogen) atoms. The molecule has 1 heterocycles. The van der Waals surface area contributed by atoms with Crippen LogP contribution in [-0.4, -0.2) is 49.2 Å². The van der Waals surface area contributed by atoms with Crippen LogP contribution in [0.4, 0.5) is 11.4 Å². The Morgan fingerprint density at radius 3 is 2.58 bits per heavy atom. The fourth-order valence-electron chi connectivity index (χ4n) is 2.91. The molecule has 0 spiro atoms. The van der Waals surface area contributed by atoms with Crippen molar-refractivity contribution in [2.45, 2.75) is 0 Å². The molecule has 3 rings (SSSR count). The van der Waals surface area contributed by atoms with Crippen molar-refractivity contribution in [1.29, 1.82) is 0 Å². The van der Waals surface area contributed by atoms with E-state index in [1.54, 1.807) is 30.3 Å². The standard InChI is InChI=1S/C18H19Cl2N3O3/c19-14-4-5-17(20)18(12-14)26-11-10-21-6-8-22(9-7-21)15-2-1-3-16(13-15)23(24)25/h1-5,12-13H,6-11H2. The maximum Gasteiger partial charge on any atom is 0.271 e. The molecule has 0 amide bonds. The molecule has 0 unspecified atom stereocenters. The first-order valence-corrected chi connectivity index (χ1v) is 9.08. The van der Waals surface area contributed by atoms with Crippen molar-refractivity contribution in [3.8, 4) is 5.75 Å². The molecule has 0 aromatic heterocycles. The number of rotatable bonds is 6. The Bertz CT molecular complexity index is 780. The quantitative estimate of drug-likeness (QED) is 0.544. The highest BCUT2D eigenvalue weighted by Gasteiger charge is 2.18. The fraction of sp³-hybridized carbons (Fsp3) is 0.333. The number of nitro benzene ring substituents is 1. The second kappa shape index (κ2) is 8.58. The van der Waals surface area contributed by atoms with Crippen molar-refractivity contribution in [3.63, 3.8) is 0 Å². The highest BCUT2D eigenvalue weighted by molar-refractivity contribution is 6.34. The molecule has 0 atom stereocenters. The van der Waals surface area contributed by atoms with Crippen LogP contribution in [0.2, 0.25) is 10.0 Å². The van der Waals surface area contributed by atoms with Gasteiger partial charge in [-0.05, 0) is 18.2 Å². The third kappa shape index (κ3) is 4.78. The van der Waals surface area contributed by atoms with Crippen LogP contribution < -0.4 is 9.64 Å². The number of benzene rings is 2. The molecule has 8 heteroatoms. The lowest BCUT2D eigenvalue weighted by molar-refractivity contribution is -0.384. The summed E-state index contributed by atoms with van der Waals surface area (Å²) in [4.78, 5) is 15.0. The predicted octanol–water partition coefficient (Wildman–Crippen LogP) is 4.10. The molecule has 0 radical (unpaired) electrons. The van der Waals surface area contributed by atoms with Crippen molar-refractivity contribution in [2.24, 2.45) is 0 Å². The zero-order valence-electron chi connectivity index (χ0n) is 14.1. The van der Waals surface area contributed by atoms with Crippen molar-refractivity contribution >= 4 is 34.6 Å². The van der Waals surface area contributed by atoms with Crippen LogP contribution in [0.5, 0.6) is 5.75 Å². The summed E-state index contributed by atoms with van der Waals surface area (Å²) in [6.07, 6.45) is 0. The highest BCUT2D eigenvalue weighted by atomic mass is 35.5. The molecular formula is C18H19Cl2N3O3. The molecule has 2 aromatic carbocycles. The van der Waals surface area contributed by atoms with Gasteiger partial charge >= 0.3 is 0 Å². The Balaban J connectivity index is 1.47. The number of nitro groups is 1. The molecule has 1 aliphatic rings. The lowest BCUT2D eigenvalue weighted by atomic mass is 10.2. The average molecular weight is 396 g/mol. The number of piperazine rings is 1. The molecular weight excluding hydrogens is 377 g/mol. The number of non-ortho nitro benzene ring substituents is 1. The van der Waals surface area contributed by atoms with Gasteiger partial charge in [-0.3, -0.25) is 15.0 Å². The summed E-state index contributed by atoms with van der Waals surface area (Å²) in [6, 6.07) is 11.9. The van der Waals surface area contributed by atoms with Crippen LogP contribution in [0.3, 0.4) is 0 Å². The van der Waals surface area contributed by atoms with Gasteiger partial charge in [-0.15, -0.1) is 0 Å². The minimum atomic E-state index is -0.363. The van der Waals surface area contributed by atoms with E-state index in [1.165, 1.54) is 6.07 Å². The van der Waals surface area contributed by atoms with E-state index < -0.39 is 0 Å². The SMILES string of the molecule is O=[N+]([O-])c1cccc(N2CCN(CCOc3cc(Cl)ccc3Cl)CC2)c1. The highest BCUT2D eigenvalue weighted by Crippen LogP contribution is 2.27. The molecule has 138 valence electrons. The second-order valence-electron chi connectivity index (χ2n) is 6.03. The molecule has 0 aliphatic carbocycles. The van der Waals surface area contributed by atoms with Crippen molar-refractivity contribution in [2.75, 3.05) is 44.2 Å². The molecule has 0 N–H and O–H groups in total. The predicted molar refractivity (Wildman–Crippen MR) is 104 cm³/mol. The molecule has 1 fully saturated rings. The van der Waals surface area contributed by atoms with Crippen molar-refractivity contribution in [3.05, 3.63) is 62.6 Å². The molecule has 0 bridgehead atoms. The third-order valence-corrected chi connectivity index (χ3v) is 4.88. The van der Waals surface area contributed by atoms with Crippen LogP contribution in [0.1, 0.15) is 0 Å². The summed E-state index contributed by atoms with van der Waals surface area (Å²) in [5, 5.41) is 12.1. The first kappa shape index (κ1) is 18.8. The van der Waals surface area contributed by atoms with E-state index in [0.29, 0.717) is 22.4 Å². The maximum atomic E-state index is 10.9. The van der Waals surface area contributed by atoms with Gasteiger partial charge in [0.05, 0.1) is 9.95 Å². The zero-order valence-corrected chi connectivity index (χ0v) is 15.6. The van der Waals surface area contributed by atoms with Gasteiger partial charge in [0.15, 0.2) is 0 Å². The summed E-state index contributed by atoms with van der Waals surface area (Å²) in [6.45, 7) is 4.69. The molecule has 6 nitrogen and oxygen atoms in total. The zero-order chi connectivity index (χ0) is 18.5. The molecule has 1 aliphatic heterocycles. The van der Waals surface area contributed by atoms with Gasteiger partial charge in [0, 0.05) is 61.6 Å². The number of anilines is 1. The van der Waals surface area contributed by atoms with Gasteiger partial charge in [-0.25, -0.2) is 0 Å². The minimum Gasteiger partial charge on any atom is -0.491 e. The largest absolute Gasteiger partial charge is 0.491 e. The lowest BCUT2D eigenvalue weighted by Gasteiger charge is -2.35. The first-order valence-electron chi connectivity index (χ1n) is 8.32. The Labute approximate surface area is 162 Å². The van der Waals surface area contributed by atoms with Crippen LogP contribution >= 0.6 is 23.2 Å². The second-order valence-corrected chi connectivity index (χ2v) is 6.87. The number of nitrogens with zero attached hydrogens (tertiary/aromatic N) is 3. The van der Waals surface area contributed by atoms with Gasteiger partial charge in [0.1, 0.15) is 12.4 Å². The molecule has 2 aromatic rings. The van der Waals surface area contributed by atoms with E-state index in [9.17, 15) is 10.1 Å². The van der Waals surface area contributed by atoms with E-state index in [-0.39, 0.29) is 10.6 Å². The van der Waals surface area contributed by atoms with E-state index in [1.807, 2.05) is 6.07 Å². The van der Waals surface area contributed by atoms with Crippen LogP contribution in [0, 0.1) is 10.1 Å². The third-order valence-electron chi connectivity index (χ3n) is 4.34. The summed E-state index contributed by atoms with van der Waals surface area (Å²) in [7, 11) is 0. The van der Waals surface area contributed by atoms with E-state index in [2.05, 4.69) is 9.80 Å². The van der Waals surface area contributed by atoms with Gasteiger partial charge in [0.25, 0.3) is 5.69 Å². The van der Waals surface area contributed by atoms with Gasteiger partial charge in [-0.1, -0.05) is 29.3 Å². The topological polar surface area (TPSA) is 58.9 Å². The van der Waals surface area contributed by atoms with Gasteiger partial charge in [-0.2, -0.15) is 0 Å². The first-order chi connectivity index (χ1) is 12.5. The van der Waals surface area contributed by atoms with Crippen molar-refractivity contribution < 1.29 is 9.66 Å². The summed E-state index contributed by atoms with van der Waals surface area (Å²) >= 11 is 12.0. The Kier molecular flexibility index (Phi) is 6.19.